The quantitative estimate of drug-likeness (QED) is 0.371. The van der Waals surface area contributed by atoms with Crippen LogP contribution in [0.25, 0.3) is 0 Å². The third kappa shape index (κ3) is 5.38. The molecule has 7 nitrogen and oxygen atoms in total. The van der Waals surface area contributed by atoms with Gasteiger partial charge in [0, 0.05) is 6.54 Å². The molecule has 0 saturated carbocycles. The molecular weight excluding hydrogens is 449 g/mol. The highest BCUT2D eigenvalue weighted by Gasteiger charge is 2.16. The Labute approximate surface area is 185 Å². The molecule has 0 aliphatic rings. The minimum absolute atomic E-state index is 0.0552. The number of thioether (sulfide) groups is 1. The lowest BCUT2D eigenvalue weighted by Crippen LogP contribution is -2.14. The van der Waals surface area contributed by atoms with Gasteiger partial charge in [0.25, 0.3) is 0 Å². The van der Waals surface area contributed by atoms with Gasteiger partial charge in [-0.25, -0.2) is 4.39 Å². The average molecular weight is 464 g/mol. The van der Waals surface area contributed by atoms with Gasteiger partial charge in [-0.2, -0.15) is 5.26 Å². The molecule has 11 heteroatoms. The Bertz CT molecular complexity index is 1110. The Morgan fingerprint density at radius 3 is 3.03 bits per heavy atom. The van der Waals surface area contributed by atoms with Gasteiger partial charge in [-0.15, -0.1) is 28.1 Å². The molecule has 1 N–H and O–H groups in total. The molecule has 0 saturated heterocycles. The van der Waals surface area contributed by atoms with Crippen molar-refractivity contribution in [1.82, 2.24) is 14.8 Å². The molecular formula is C19H15ClFN5O2S2. The molecule has 2 aromatic heterocycles. The summed E-state index contributed by atoms with van der Waals surface area (Å²) in [6, 6.07) is 7.52. The highest BCUT2D eigenvalue weighted by atomic mass is 35.5. The largest absolute Gasteiger partial charge is 0.484 e. The van der Waals surface area contributed by atoms with Crippen molar-refractivity contribution in [1.29, 1.82) is 5.26 Å². The van der Waals surface area contributed by atoms with Crippen molar-refractivity contribution in [3.8, 4) is 11.8 Å². The van der Waals surface area contributed by atoms with Crippen LogP contribution >= 0.6 is 34.7 Å². The van der Waals surface area contributed by atoms with Crippen molar-refractivity contribution in [3.05, 3.63) is 64.5 Å². The Hall–Kier alpha value is -2.87. The van der Waals surface area contributed by atoms with E-state index in [4.69, 9.17) is 21.6 Å². The van der Waals surface area contributed by atoms with Gasteiger partial charge < -0.3 is 10.1 Å². The number of halogens is 2. The molecule has 154 valence electrons. The summed E-state index contributed by atoms with van der Waals surface area (Å²) in [5, 5.41) is 22.9. The van der Waals surface area contributed by atoms with Crippen LogP contribution < -0.4 is 10.1 Å². The van der Waals surface area contributed by atoms with Crippen LogP contribution in [-0.4, -0.2) is 26.4 Å². The third-order valence-corrected chi connectivity index (χ3v) is 5.82. The van der Waals surface area contributed by atoms with E-state index < -0.39 is 5.82 Å². The van der Waals surface area contributed by atoms with E-state index in [1.54, 1.807) is 22.1 Å². The molecule has 0 atom stereocenters. The summed E-state index contributed by atoms with van der Waals surface area (Å²) >= 11 is 8.46. The number of allylic oxidation sites excluding steroid dienone is 1. The Balaban J connectivity index is 1.64. The molecule has 0 radical (unpaired) electrons. The lowest BCUT2D eigenvalue weighted by Gasteiger charge is -2.10. The number of hydrogen-bond donors (Lipinski definition) is 1. The number of benzene rings is 1. The highest BCUT2D eigenvalue weighted by Crippen LogP contribution is 2.26. The van der Waals surface area contributed by atoms with E-state index in [2.05, 4.69) is 22.1 Å². The van der Waals surface area contributed by atoms with Crippen LogP contribution in [0.15, 0.2) is 47.5 Å². The number of anilines is 1. The van der Waals surface area contributed by atoms with Gasteiger partial charge in [0.1, 0.15) is 29.2 Å². The van der Waals surface area contributed by atoms with E-state index in [-0.39, 0.29) is 23.3 Å². The maximum absolute atomic E-state index is 13.2. The van der Waals surface area contributed by atoms with Gasteiger partial charge in [0.15, 0.2) is 11.0 Å². The van der Waals surface area contributed by atoms with E-state index in [1.807, 2.05) is 6.07 Å². The number of amides is 1. The van der Waals surface area contributed by atoms with E-state index in [0.29, 0.717) is 33.8 Å². The number of carbonyl (C=O) groups excluding carboxylic acids is 1. The first-order valence-electron chi connectivity index (χ1n) is 8.53. The minimum atomic E-state index is -0.455. The molecule has 0 spiro atoms. The first kappa shape index (κ1) is 21.8. The number of nitrogens with one attached hydrogen (secondary N) is 1. The lowest BCUT2D eigenvalue weighted by molar-refractivity contribution is -0.113. The van der Waals surface area contributed by atoms with Crippen molar-refractivity contribution in [3.63, 3.8) is 0 Å². The fraction of sp³-hybridized carbons (Fsp3) is 0.158. The summed E-state index contributed by atoms with van der Waals surface area (Å²) in [4.78, 5) is 12.2. The van der Waals surface area contributed by atoms with E-state index in [9.17, 15) is 9.18 Å². The second kappa shape index (κ2) is 10.2. The Morgan fingerprint density at radius 1 is 1.47 bits per heavy atom. The molecule has 0 aliphatic carbocycles. The molecule has 1 aromatic carbocycles. The summed E-state index contributed by atoms with van der Waals surface area (Å²) in [5.74, 6) is 0.196. The first-order valence-corrected chi connectivity index (χ1v) is 10.8. The normalized spacial score (nSPS) is 10.4. The number of hydrogen-bond acceptors (Lipinski definition) is 7. The maximum Gasteiger partial charge on any atom is 0.235 e. The van der Waals surface area contributed by atoms with Crippen LogP contribution in [0.1, 0.15) is 11.4 Å². The van der Waals surface area contributed by atoms with Crippen LogP contribution in [0.4, 0.5) is 9.39 Å². The fourth-order valence-electron chi connectivity index (χ4n) is 2.37. The van der Waals surface area contributed by atoms with Gasteiger partial charge in [-0.05, 0) is 29.6 Å². The molecule has 3 rings (SSSR count). The number of thiophene rings is 1. The summed E-state index contributed by atoms with van der Waals surface area (Å²) < 4.78 is 20.5. The fourth-order valence-corrected chi connectivity index (χ4v) is 4.11. The number of aromatic nitrogens is 3. The van der Waals surface area contributed by atoms with E-state index >= 15 is 0 Å². The number of rotatable bonds is 9. The average Bonchev–Trinajstić information content (AvgIpc) is 3.32. The van der Waals surface area contributed by atoms with Crippen molar-refractivity contribution in [2.75, 3.05) is 11.1 Å². The molecule has 3 aromatic rings. The molecule has 2 heterocycles. The van der Waals surface area contributed by atoms with Crippen LogP contribution in [0.5, 0.6) is 5.75 Å². The topological polar surface area (TPSA) is 92.8 Å². The zero-order chi connectivity index (χ0) is 21.5. The molecule has 0 bridgehead atoms. The van der Waals surface area contributed by atoms with Crippen LogP contribution in [0, 0.1) is 17.1 Å². The van der Waals surface area contributed by atoms with Gasteiger partial charge in [-0.3, -0.25) is 9.36 Å². The van der Waals surface area contributed by atoms with Gasteiger partial charge in [-0.1, -0.05) is 29.4 Å². The predicted molar refractivity (Wildman–Crippen MR) is 114 cm³/mol. The van der Waals surface area contributed by atoms with Crippen molar-refractivity contribution in [2.45, 2.75) is 18.3 Å². The maximum atomic E-state index is 13.2. The highest BCUT2D eigenvalue weighted by molar-refractivity contribution is 7.99. The smallest absolute Gasteiger partial charge is 0.235 e. The summed E-state index contributed by atoms with van der Waals surface area (Å²) in [7, 11) is 0. The van der Waals surface area contributed by atoms with Crippen LogP contribution in [0.2, 0.25) is 5.02 Å². The second-order valence-electron chi connectivity index (χ2n) is 5.77. The Kier molecular flexibility index (Phi) is 7.46. The monoisotopic (exact) mass is 463 g/mol. The van der Waals surface area contributed by atoms with Crippen LogP contribution in [-0.2, 0) is 17.9 Å². The number of nitriles is 1. The Morgan fingerprint density at radius 2 is 2.30 bits per heavy atom. The number of nitrogens with zero attached hydrogens (tertiary/aromatic N) is 4. The van der Waals surface area contributed by atoms with Crippen molar-refractivity contribution in [2.24, 2.45) is 0 Å². The SMILES string of the molecule is C=CCn1c(COc2ccc(F)cc2Cl)nnc1SCC(=O)Nc1sccc1C#N. The van der Waals surface area contributed by atoms with Crippen LogP contribution in [0.3, 0.4) is 0 Å². The lowest BCUT2D eigenvalue weighted by atomic mass is 10.3. The van der Waals surface area contributed by atoms with Gasteiger partial charge >= 0.3 is 0 Å². The summed E-state index contributed by atoms with van der Waals surface area (Å²) in [5.41, 5.74) is 0.423. The van der Waals surface area contributed by atoms with E-state index in [1.165, 1.54) is 35.2 Å². The first-order chi connectivity index (χ1) is 14.5. The van der Waals surface area contributed by atoms with Crippen molar-refractivity contribution < 1.29 is 13.9 Å². The number of carbonyl (C=O) groups is 1. The summed E-state index contributed by atoms with van der Waals surface area (Å²) in [6.45, 7) is 4.19. The van der Waals surface area contributed by atoms with Gasteiger partial charge in [0.05, 0.1) is 16.3 Å². The molecule has 0 unspecified atom stereocenters. The molecule has 1 amide bonds. The predicted octanol–water partition coefficient (Wildman–Crippen LogP) is 4.50. The summed E-state index contributed by atoms with van der Waals surface area (Å²) in [6.07, 6.45) is 1.67. The van der Waals surface area contributed by atoms with Crippen molar-refractivity contribution >= 4 is 45.6 Å². The third-order valence-electron chi connectivity index (χ3n) is 3.73. The standard InChI is InChI=1S/C19H15ClFN5O2S2/c1-2-6-26-16(10-28-15-4-3-13(21)8-14(15)20)24-25-19(26)30-11-17(27)23-18-12(9-22)5-7-29-18/h2-5,7-8H,1,6,10-11H2,(H,23,27). The minimum Gasteiger partial charge on any atom is -0.484 e. The molecule has 30 heavy (non-hydrogen) atoms. The zero-order valence-corrected chi connectivity index (χ0v) is 17.9. The second-order valence-corrected chi connectivity index (χ2v) is 8.04. The molecule has 0 fully saturated rings. The van der Waals surface area contributed by atoms with E-state index in [0.717, 1.165) is 6.07 Å². The zero-order valence-electron chi connectivity index (χ0n) is 15.5. The molecule has 0 aliphatic heterocycles. The van der Waals surface area contributed by atoms with Gasteiger partial charge in [0.2, 0.25) is 5.91 Å². The number of ether oxygens (including phenoxy) is 1.